The van der Waals surface area contributed by atoms with E-state index in [0.717, 1.165) is 70.0 Å². The molecule has 5 aliphatic rings. The highest BCUT2D eigenvalue weighted by Crippen LogP contribution is 2.71. The molecule has 2 heterocycles. The summed E-state index contributed by atoms with van der Waals surface area (Å²) in [6.45, 7) is 7.24. The molecule has 0 bridgehead atoms. The molecule has 4 aliphatic carbocycles. The average Bonchev–Trinajstić information content (AvgIpc) is 3.45. The second kappa shape index (κ2) is 10.1. The molecular weight excluding hydrogens is 510 g/mol. The molecule has 1 saturated heterocycles. The smallest absolute Gasteiger partial charge is 0.335 e. The summed E-state index contributed by atoms with van der Waals surface area (Å²) < 4.78 is 5.21. The summed E-state index contributed by atoms with van der Waals surface area (Å²) in [5.41, 5.74) is -1.66. The van der Waals surface area contributed by atoms with Crippen molar-refractivity contribution in [3.8, 4) is 0 Å². The summed E-state index contributed by atoms with van der Waals surface area (Å²) >= 11 is 0. The number of nitrogens with one attached hydrogen (secondary N) is 2. The molecule has 0 radical (unpaired) electrons. The summed E-state index contributed by atoms with van der Waals surface area (Å²) in [5.74, 6) is 0.488. The first kappa shape index (κ1) is 28.2. The third-order valence-electron chi connectivity index (χ3n) is 12.4. The largest absolute Gasteiger partial charge is 0.431 e. The fourth-order valence-electron chi connectivity index (χ4n) is 10.0. The number of amides is 2. The fraction of sp³-hybridized carbons (Fsp3) is 0.806. The summed E-state index contributed by atoms with van der Waals surface area (Å²) in [6.07, 6.45) is 9.12. The lowest BCUT2D eigenvalue weighted by atomic mass is 9.42. The van der Waals surface area contributed by atoms with Gasteiger partial charge in [-0.2, -0.15) is 0 Å². The van der Waals surface area contributed by atoms with E-state index in [1.165, 1.54) is 6.07 Å². The van der Waals surface area contributed by atoms with Crippen LogP contribution in [0.1, 0.15) is 89.5 Å². The first-order chi connectivity index (χ1) is 19.0. The van der Waals surface area contributed by atoms with Crippen LogP contribution < -0.4 is 16.3 Å². The Hall–Kier alpha value is -1.94. The molecule has 1 aliphatic heterocycles. The van der Waals surface area contributed by atoms with Gasteiger partial charge in [-0.1, -0.05) is 13.8 Å². The van der Waals surface area contributed by atoms with Gasteiger partial charge >= 0.3 is 11.7 Å². The Morgan fingerprint density at radius 1 is 1.02 bits per heavy atom. The number of aliphatic hydroxyl groups excluding tert-OH is 1. The molecule has 0 aromatic carbocycles. The molecule has 5 N–H and O–H groups in total. The van der Waals surface area contributed by atoms with Crippen molar-refractivity contribution in [3.63, 3.8) is 0 Å². The Balaban J connectivity index is 1.11. The van der Waals surface area contributed by atoms with E-state index < -0.39 is 11.2 Å². The molecule has 2 amide bonds. The molecule has 1 aromatic heterocycles. The number of hydrogen-bond donors (Lipinski definition) is 5. The number of carbonyl (C=O) groups excluding carboxylic acids is 1. The Bertz CT molecular complexity index is 1160. The van der Waals surface area contributed by atoms with Gasteiger partial charge in [-0.25, -0.2) is 9.59 Å². The van der Waals surface area contributed by atoms with Gasteiger partial charge < -0.3 is 30.4 Å². The summed E-state index contributed by atoms with van der Waals surface area (Å²) in [6, 6.07) is 3.07. The Kier molecular flexibility index (Phi) is 7.12. The minimum atomic E-state index is -0.874. The van der Waals surface area contributed by atoms with E-state index in [4.69, 9.17) is 4.42 Å². The first-order valence-electron chi connectivity index (χ1n) is 15.5. The van der Waals surface area contributed by atoms with Crippen LogP contribution in [0.5, 0.6) is 0 Å². The lowest BCUT2D eigenvalue weighted by molar-refractivity contribution is -0.247. The highest BCUT2D eigenvalue weighted by molar-refractivity contribution is 5.74. The quantitative estimate of drug-likeness (QED) is 0.376. The number of carbonyl (C=O) groups is 1. The zero-order valence-electron chi connectivity index (χ0n) is 24.0. The number of aliphatic hydroxyl groups is 3. The molecule has 9 nitrogen and oxygen atoms in total. The predicted molar refractivity (Wildman–Crippen MR) is 150 cm³/mol. The van der Waals surface area contributed by atoms with Crippen molar-refractivity contribution in [2.75, 3.05) is 26.2 Å². The standard InChI is InChI=1S/C31H47N3O6/c1-28-10-5-21(33-27(37)32-14-16-34-15-9-22(35)18-34)17-30(28,38)12-7-25-24(28)6-11-29(2)23(8-13-31(25,29)39)20-3-4-26(36)40-19-20/h3-4,19,21-25,35,38-39H,5-18H2,1-2H3,(H2,32,33,37)/t21-,22+,23+,24-,25+,28?,29?,30-,31-/m0/s1. The minimum Gasteiger partial charge on any atom is -0.431 e. The molecule has 5 fully saturated rings. The van der Waals surface area contributed by atoms with Gasteiger partial charge in [0.1, 0.15) is 0 Å². The SMILES string of the molecule is CC12CC[C@H](NC(=O)NCCN3CC[C@@H](O)C3)C[C@@]1(O)CC[C@@H]1[C@@H]2CCC2(C)[C@@H](c3ccc(=O)oc3)CC[C@]12O. The van der Waals surface area contributed by atoms with Crippen molar-refractivity contribution >= 4 is 6.03 Å². The van der Waals surface area contributed by atoms with Crippen LogP contribution in [-0.4, -0.2) is 75.8 Å². The first-order valence-corrected chi connectivity index (χ1v) is 15.5. The van der Waals surface area contributed by atoms with E-state index in [1.807, 2.05) is 6.07 Å². The Morgan fingerprint density at radius 3 is 2.52 bits per heavy atom. The van der Waals surface area contributed by atoms with Crippen LogP contribution >= 0.6 is 0 Å². The monoisotopic (exact) mass is 557 g/mol. The van der Waals surface area contributed by atoms with Crippen molar-refractivity contribution in [1.29, 1.82) is 0 Å². The van der Waals surface area contributed by atoms with Gasteiger partial charge in [-0.15, -0.1) is 0 Å². The zero-order valence-corrected chi connectivity index (χ0v) is 24.0. The maximum atomic E-state index is 12.7. The van der Waals surface area contributed by atoms with Gasteiger partial charge in [0, 0.05) is 43.7 Å². The number of nitrogens with zero attached hydrogens (tertiary/aromatic N) is 1. The van der Waals surface area contributed by atoms with Crippen molar-refractivity contribution in [2.24, 2.45) is 22.7 Å². The van der Waals surface area contributed by atoms with Gasteiger partial charge in [-0.05, 0) is 99.0 Å². The summed E-state index contributed by atoms with van der Waals surface area (Å²) in [4.78, 5) is 26.4. The van der Waals surface area contributed by atoms with E-state index in [0.29, 0.717) is 25.9 Å². The van der Waals surface area contributed by atoms with Crippen molar-refractivity contribution < 1.29 is 24.5 Å². The second-order valence-electron chi connectivity index (χ2n) is 14.1. The highest BCUT2D eigenvalue weighted by atomic mass is 16.4. The Morgan fingerprint density at radius 2 is 1.80 bits per heavy atom. The molecule has 2 unspecified atom stereocenters. The molecule has 9 atom stereocenters. The molecule has 222 valence electrons. The Labute approximate surface area is 236 Å². The van der Waals surface area contributed by atoms with Gasteiger partial charge in [0.2, 0.25) is 0 Å². The van der Waals surface area contributed by atoms with E-state index in [9.17, 15) is 24.9 Å². The maximum Gasteiger partial charge on any atom is 0.335 e. The molecular formula is C31H47N3O6. The van der Waals surface area contributed by atoms with Gasteiger partial charge in [-0.3, -0.25) is 4.90 Å². The van der Waals surface area contributed by atoms with Crippen LogP contribution in [0.3, 0.4) is 0 Å². The second-order valence-corrected chi connectivity index (χ2v) is 14.1. The lowest BCUT2D eigenvalue weighted by Crippen LogP contribution is -2.68. The van der Waals surface area contributed by atoms with E-state index in [2.05, 4.69) is 29.4 Å². The molecule has 6 rings (SSSR count). The number of hydrogen-bond acceptors (Lipinski definition) is 7. The zero-order chi connectivity index (χ0) is 28.3. The molecule has 0 spiro atoms. The maximum absolute atomic E-state index is 12.7. The number of rotatable bonds is 5. The molecule has 9 heteroatoms. The third-order valence-corrected chi connectivity index (χ3v) is 12.4. The van der Waals surface area contributed by atoms with Crippen LogP contribution in [0.4, 0.5) is 4.79 Å². The van der Waals surface area contributed by atoms with Gasteiger partial charge in [0.15, 0.2) is 0 Å². The third kappa shape index (κ3) is 4.43. The summed E-state index contributed by atoms with van der Waals surface area (Å²) in [5, 5.41) is 40.3. The molecule has 4 saturated carbocycles. The van der Waals surface area contributed by atoms with Gasteiger partial charge in [0.05, 0.1) is 23.6 Å². The van der Waals surface area contributed by atoms with Crippen LogP contribution in [0.25, 0.3) is 0 Å². The molecule has 40 heavy (non-hydrogen) atoms. The van der Waals surface area contributed by atoms with Crippen LogP contribution in [-0.2, 0) is 0 Å². The van der Waals surface area contributed by atoms with E-state index in [1.54, 1.807) is 6.26 Å². The number of β-amino-alcohol motifs (C(OH)–C–C–N with tert-alkyl or cyclic N) is 1. The van der Waals surface area contributed by atoms with Crippen molar-refractivity contribution in [2.45, 2.75) is 107 Å². The number of urea groups is 1. The lowest BCUT2D eigenvalue weighted by Gasteiger charge is -2.66. The number of fused-ring (bicyclic) bond motifs is 5. The topological polar surface area (TPSA) is 135 Å². The molecule has 1 aromatic rings. The van der Waals surface area contributed by atoms with E-state index >= 15 is 0 Å². The van der Waals surface area contributed by atoms with Crippen molar-refractivity contribution in [3.05, 3.63) is 34.4 Å². The summed E-state index contributed by atoms with van der Waals surface area (Å²) in [7, 11) is 0. The predicted octanol–water partition coefficient (Wildman–Crippen LogP) is 2.73. The number of likely N-dealkylation sites (tertiary alicyclic amines) is 1. The van der Waals surface area contributed by atoms with Crippen LogP contribution in [0, 0.1) is 22.7 Å². The van der Waals surface area contributed by atoms with Crippen LogP contribution in [0.2, 0.25) is 0 Å². The highest BCUT2D eigenvalue weighted by Gasteiger charge is 2.70. The normalized spacial score (nSPS) is 44.9. The fourth-order valence-corrected chi connectivity index (χ4v) is 10.0. The van der Waals surface area contributed by atoms with Crippen molar-refractivity contribution in [1.82, 2.24) is 15.5 Å². The van der Waals surface area contributed by atoms with Crippen LogP contribution in [0.15, 0.2) is 27.6 Å². The average molecular weight is 558 g/mol. The van der Waals surface area contributed by atoms with E-state index in [-0.39, 0.29) is 52.4 Å². The minimum absolute atomic E-state index is 0.0798. The van der Waals surface area contributed by atoms with Gasteiger partial charge in [0.25, 0.3) is 0 Å².